The molecule has 0 saturated carbocycles. The zero-order valence-electron chi connectivity index (χ0n) is 12.1. The van der Waals surface area contributed by atoms with Gasteiger partial charge in [0.1, 0.15) is 5.71 Å². The summed E-state index contributed by atoms with van der Waals surface area (Å²) in [7, 11) is 0. The Morgan fingerprint density at radius 3 is 2.71 bits per heavy atom. The van der Waals surface area contributed by atoms with Crippen LogP contribution in [-0.4, -0.2) is 37.4 Å². The van der Waals surface area contributed by atoms with Gasteiger partial charge in [0.05, 0.1) is 6.54 Å². The highest BCUT2D eigenvalue weighted by molar-refractivity contribution is 6.13. The zero-order valence-corrected chi connectivity index (χ0v) is 12.1. The highest BCUT2D eigenvalue weighted by Gasteiger charge is 2.38. The van der Waals surface area contributed by atoms with Crippen LogP contribution in [0.5, 0.6) is 0 Å². The van der Waals surface area contributed by atoms with E-state index in [-0.39, 0.29) is 12.4 Å². The molecule has 0 spiro atoms. The number of hydrogen-bond acceptors (Lipinski definition) is 3. The van der Waals surface area contributed by atoms with E-state index in [1.807, 2.05) is 12.2 Å². The molecule has 0 saturated heterocycles. The van der Waals surface area contributed by atoms with Gasteiger partial charge in [0.15, 0.2) is 5.84 Å². The lowest BCUT2D eigenvalue weighted by Crippen LogP contribution is -2.23. The van der Waals surface area contributed by atoms with Gasteiger partial charge in [-0.15, -0.1) is 0 Å². The predicted molar refractivity (Wildman–Crippen MR) is 79.0 cm³/mol. The van der Waals surface area contributed by atoms with Gasteiger partial charge in [-0.25, -0.2) is 4.99 Å². The monoisotopic (exact) mass is 299 g/mol. The molecule has 0 aromatic carbocycles. The molecule has 1 aliphatic heterocycles. The van der Waals surface area contributed by atoms with Crippen LogP contribution in [0.3, 0.4) is 0 Å². The van der Waals surface area contributed by atoms with Crippen molar-refractivity contribution in [2.75, 3.05) is 19.6 Å². The number of hydrogen-bond donors (Lipinski definition) is 1. The van der Waals surface area contributed by atoms with E-state index >= 15 is 0 Å². The largest absolute Gasteiger partial charge is 0.431 e. The van der Waals surface area contributed by atoms with E-state index in [1.54, 1.807) is 0 Å². The number of nitrogens with one attached hydrogen (secondary N) is 1. The van der Waals surface area contributed by atoms with Crippen LogP contribution < -0.4 is 5.32 Å². The highest BCUT2D eigenvalue weighted by Crippen LogP contribution is 2.25. The van der Waals surface area contributed by atoms with Crippen molar-refractivity contribution >= 4 is 11.5 Å². The second kappa shape index (κ2) is 7.02. The van der Waals surface area contributed by atoms with E-state index in [0.717, 1.165) is 44.3 Å². The van der Waals surface area contributed by atoms with Crippen LogP contribution in [0, 0.1) is 0 Å². The highest BCUT2D eigenvalue weighted by atomic mass is 19.4. The lowest BCUT2D eigenvalue weighted by atomic mass is 10.1. The first-order valence-corrected chi connectivity index (χ1v) is 7.29. The molecule has 0 radical (unpaired) electrons. The Bertz CT molecular complexity index is 499. The Labute approximate surface area is 122 Å². The van der Waals surface area contributed by atoms with Crippen molar-refractivity contribution < 1.29 is 13.2 Å². The smallest absolute Gasteiger partial charge is 0.313 e. The number of amidine groups is 1. The topological polar surface area (TPSA) is 36.8 Å². The predicted octanol–water partition coefficient (Wildman–Crippen LogP) is 3.44. The van der Waals surface area contributed by atoms with Gasteiger partial charge in [-0.05, 0) is 37.8 Å². The lowest BCUT2D eigenvalue weighted by Gasteiger charge is -2.06. The maximum absolute atomic E-state index is 12.6. The average molecular weight is 299 g/mol. The van der Waals surface area contributed by atoms with E-state index < -0.39 is 11.9 Å². The Balaban J connectivity index is 2.02. The number of alkyl halides is 3. The number of halogens is 3. The average Bonchev–Trinajstić information content (AvgIpc) is 2.81. The third kappa shape index (κ3) is 4.52. The van der Waals surface area contributed by atoms with Crippen LogP contribution >= 0.6 is 0 Å². The molecule has 2 aliphatic rings. The SMILES string of the molecule is CCCNCC1=CC=C(C2=NCC(C(F)(F)F)=N2)CCC1. The third-order valence-electron chi connectivity index (χ3n) is 3.48. The molecular formula is C15H20F3N3. The maximum atomic E-state index is 12.6. The summed E-state index contributed by atoms with van der Waals surface area (Å²) in [5.41, 5.74) is 1.29. The van der Waals surface area contributed by atoms with Crippen LogP contribution in [0.2, 0.25) is 0 Å². The molecule has 1 heterocycles. The lowest BCUT2D eigenvalue weighted by molar-refractivity contribution is -0.0592. The van der Waals surface area contributed by atoms with Gasteiger partial charge in [0.2, 0.25) is 0 Å². The summed E-state index contributed by atoms with van der Waals surface area (Å²) in [5.74, 6) is 0.251. The van der Waals surface area contributed by atoms with Crippen molar-refractivity contribution in [1.82, 2.24) is 5.32 Å². The minimum absolute atomic E-state index is 0.251. The molecule has 116 valence electrons. The molecule has 3 nitrogen and oxygen atoms in total. The van der Waals surface area contributed by atoms with Crippen molar-refractivity contribution in [3.8, 4) is 0 Å². The summed E-state index contributed by atoms with van der Waals surface area (Å²) in [5, 5.41) is 3.34. The van der Waals surface area contributed by atoms with E-state index in [2.05, 4.69) is 22.2 Å². The van der Waals surface area contributed by atoms with Gasteiger partial charge in [0.25, 0.3) is 0 Å². The Hall–Kier alpha value is -1.43. The molecule has 2 rings (SSSR count). The summed E-state index contributed by atoms with van der Waals surface area (Å²) < 4.78 is 37.7. The van der Waals surface area contributed by atoms with Crippen molar-refractivity contribution in [3.63, 3.8) is 0 Å². The molecule has 0 unspecified atom stereocenters. The molecule has 21 heavy (non-hydrogen) atoms. The standard InChI is InChI=1S/C15H20F3N3/c1-2-8-19-9-11-4-3-5-12(7-6-11)14-20-10-13(21-14)15(16,17)18/h6-7,19H,2-5,8-10H2,1H3. The molecule has 0 amide bonds. The van der Waals surface area contributed by atoms with E-state index in [9.17, 15) is 13.2 Å². The van der Waals surface area contributed by atoms with Crippen LogP contribution in [0.4, 0.5) is 13.2 Å². The number of nitrogens with zero attached hydrogens (tertiary/aromatic N) is 2. The van der Waals surface area contributed by atoms with Gasteiger partial charge in [-0.2, -0.15) is 13.2 Å². The first-order chi connectivity index (χ1) is 10.0. The molecule has 6 heteroatoms. The fourth-order valence-electron chi connectivity index (χ4n) is 2.33. The van der Waals surface area contributed by atoms with Gasteiger partial charge >= 0.3 is 6.18 Å². The Kier molecular flexibility index (Phi) is 5.33. The summed E-state index contributed by atoms with van der Waals surface area (Å²) in [6, 6.07) is 0. The summed E-state index contributed by atoms with van der Waals surface area (Å²) >= 11 is 0. The van der Waals surface area contributed by atoms with Crippen molar-refractivity contribution in [2.24, 2.45) is 9.98 Å². The maximum Gasteiger partial charge on any atom is 0.431 e. The van der Waals surface area contributed by atoms with Gasteiger partial charge < -0.3 is 5.32 Å². The van der Waals surface area contributed by atoms with Crippen LogP contribution in [0.15, 0.2) is 33.3 Å². The van der Waals surface area contributed by atoms with Crippen molar-refractivity contribution in [3.05, 3.63) is 23.3 Å². The van der Waals surface area contributed by atoms with Crippen LogP contribution in [0.25, 0.3) is 0 Å². The molecule has 0 aromatic rings. The second-order valence-corrected chi connectivity index (χ2v) is 5.24. The van der Waals surface area contributed by atoms with Crippen molar-refractivity contribution in [2.45, 2.75) is 38.8 Å². The molecular weight excluding hydrogens is 279 g/mol. The molecule has 0 bridgehead atoms. The molecule has 0 atom stereocenters. The van der Waals surface area contributed by atoms with E-state index in [0.29, 0.717) is 0 Å². The number of rotatable bonds is 5. The van der Waals surface area contributed by atoms with Crippen LogP contribution in [-0.2, 0) is 0 Å². The Morgan fingerprint density at radius 1 is 1.24 bits per heavy atom. The van der Waals surface area contributed by atoms with Gasteiger partial charge in [-0.3, -0.25) is 4.99 Å². The van der Waals surface area contributed by atoms with Crippen LogP contribution in [0.1, 0.15) is 32.6 Å². The zero-order chi connectivity index (χ0) is 15.3. The molecule has 1 N–H and O–H groups in total. The minimum atomic E-state index is -4.37. The summed E-state index contributed by atoms with van der Waals surface area (Å²) in [6.07, 6.45) is 3.18. The van der Waals surface area contributed by atoms with Gasteiger partial charge in [0, 0.05) is 6.54 Å². The van der Waals surface area contributed by atoms with E-state index in [1.165, 1.54) is 5.57 Å². The third-order valence-corrected chi connectivity index (χ3v) is 3.48. The Morgan fingerprint density at radius 2 is 2.05 bits per heavy atom. The van der Waals surface area contributed by atoms with E-state index in [4.69, 9.17) is 0 Å². The normalized spacial score (nSPS) is 19.6. The fraction of sp³-hybridized carbons (Fsp3) is 0.600. The first-order valence-electron chi connectivity index (χ1n) is 7.29. The molecule has 1 aliphatic carbocycles. The number of aliphatic imine (C=N–C) groups is 2. The minimum Gasteiger partial charge on any atom is -0.313 e. The fourth-order valence-corrected chi connectivity index (χ4v) is 2.33. The van der Waals surface area contributed by atoms with Crippen molar-refractivity contribution in [1.29, 1.82) is 0 Å². The quantitative estimate of drug-likeness (QED) is 0.776. The molecule has 0 fully saturated rings. The second-order valence-electron chi connectivity index (χ2n) is 5.24. The first kappa shape index (κ1) is 15.9. The molecule has 0 aromatic heterocycles. The summed E-state index contributed by atoms with van der Waals surface area (Å²) in [6.45, 7) is 3.56. The van der Waals surface area contributed by atoms with Gasteiger partial charge in [-0.1, -0.05) is 24.6 Å². The number of allylic oxidation sites excluding steroid dienone is 2. The summed E-state index contributed by atoms with van der Waals surface area (Å²) in [4.78, 5) is 7.58.